The topological polar surface area (TPSA) is 63.6 Å². The summed E-state index contributed by atoms with van der Waals surface area (Å²) < 4.78 is 5.84. The van der Waals surface area contributed by atoms with Crippen LogP contribution in [0.25, 0.3) is 0 Å². The second-order valence-corrected chi connectivity index (χ2v) is 13.8. The largest absolute Gasteiger partial charge is 0.481 e. The van der Waals surface area contributed by atoms with Gasteiger partial charge in [-0.1, -0.05) is 194 Å². The summed E-state index contributed by atoms with van der Waals surface area (Å²) in [6.07, 6.45) is 43.3. The zero-order valence-electron chi connectivity index (χ0n) is 30.0. The van der Waals surface area contributed by atoms with E-state index in [1.807, 2.05) is 0 Å². The molecule has 0 saturated heterocycles. The SMILES string of the molecule is CCCCCCCCCCCCCCCCCCC(CCCCCCCCCCCCCCCC)OC(=O)CCCC(=O)O. The van der Waals surface area contributed by atoms with Crippen molar-refractivity contribution in [3.63, 3.8) is 0 Å². The number of unbranched alkanes of at least 4 members (excludes halogenated alkanes) is 28. The molecule has 0 aliphatic heterocycles. The molecule has 0 aromatic carbocycles. The highest BCUT2D eigenvalue weighted by Gasteiger charge is 2.14. The lowest BCUT2D eigenvalue weighted by Gasteiger charge is -2.18. The molecule has 0 radical (unpaired) electrons. The van der Waals surface area contributed by atoms with Crippen LogP contribution in [0.4, 0.5) is 0 Å². The van der Waals surface area contributed by atoms with Gasteiger partial charge in [-0.25, -0.2) is 0 Å². The first-order valence-corrected chi connectivity index (χ1v) is 20.0. The Hall–Kier alpha value is -1.06. The lowest BCUT2D eigenvalue weighted by atomic mass is 10.0. The summed E-state index contributed by atoms with van der Waals surface area (Å²) in [4.78, 5) is 23.1. The van der Waals surface area contributed by atoms with Gasteiger partial charge in [-0.2, -0.15) is 0 Å². The second-order valence-electron chi connectivity index (χ2n) is 13.8. The summed E-state index contributed by atoms with van der Waals surface area (Å²) in [7, 11) is 0. The molecule has 0 heterocycles. The number of esters is 1. The normalized spacial score (nSPS) is 12.0. The Morgan fingerprint density at radius 1 is 0.409 bits per heavy atom. The minimum Gasteiger partial charge on any atom is -0.481 e. The van der Waals surface area contributed by atoms with Crippen LogP contribution in [0.1, 0.15) is 239 Å². The summed E-state index contributed by atoms with van der Waals surface area (Å²) in [5.74, 6) is -1.05. The third-order valence-corrected chi connectivity index (χ3v) is 9.33. The van der Waals surface area contributed by atoms with Crippen LogP contribution in [0.3, 0.4) is 0 Å². The minimum absolute atomic E-state index is 0.0105. The van der Waals surface area contributed by atoms with Gasteiger partial charge in [-0.05, 0) is 32.1 Å². The van der Waals surface area contributed by atoms with Gasteiger partial charge in [0.15, 0.2) is 0 Å². The third-order valence-electron chi connectivity index (χ3n) is 9.33. The Balaban J connectivity index is 3.88. The van der Waals surface area contributed by atoms with Gasteiger partial charge in [0.05, 0.1) is 0 Å². The molecule has 0 aromatic rings. The number of hydrogen-bond acceptors (Lipinski definition) is 3. The van der Waals surface area contributed by atoms with Gasteiger partial charge < -0.3 is 9.84 Å². The van der Waals surface area contributed by atoms with Crippen molar-refractivity contribution >= 4 is 11.9 Å². The first-order chi connectivity index (χ1) is 21.6. The number of carbonyl (C=O) groups excluding carboxylic acids is 1. The highest BCUT2D eigenvalue weighted by Crippen LogP contribution is 2.19. The molecule has 1 N–H and O–H groups in total. The Kier molecular flexibility index (Phi) is 35.5. The van der Waals surface area contributed by atoms with Crippen LogP contribution >= 0.6 is 0 Å². The van der Waals surface area contributed by atoms with Crippen LogP contribution in [0.5, 0.6) is 0 Å². The van der Waals surface area contributed by atoms with Crippen LogP contribution in [0, 0.1) is 0 Å². The molecule has 4 heteroatoms. The van der Waals surface area contributed by atoms with Gasteiger partial charge in [0.2, 0.25) is 0 Å². The maximum absolute atomic E-state index is 12.3. The molecule has 0 aromatic heterocycles. The Morgan fingerprint density at radius 2 is 0.682 bits per heavy atom. The molecule has 0 amide bonds. The maximum Gasteiger partial charge on any atom is 0.306 e. The van der Waals surface area contributed by atoms with Gasteiger partial charge in [-0.3, -0.25) is 9.59 Å². The van der Waals surface area contributed by atoms with Gasteiger partial charge >= 0.3 is 11.9 Å². The second kappa shape index (κ2) is 36.4. The average Bonchev–Trinajstić information content (AvgIpc) is 3.00. The number of ether oxygens (including phenoxy) is 1. The average molecular weight is 623 g/mol. The van der Waals surface area contributed by atoms with Crippen LogP contribution in [0.2, 0.25) is 0 Å². The van der Waals surface area contributed by atoms with E-state index in [1.165, 1.54) is 180 Å². The number of aliphatic carboxylic acids is 1. The smallest absolute Gasteiger partial charge is 0.306 e. The lowest BCUT2D eigenvalue weighted by molar-refractivity contribution is -0.150. The van der Waals surface area contributed by atoms with E-state index in [1.54, 1.807) is 0 Å². The van der Waals surface area contributed by atoms with Crippen LogP contribution in [-0.2, 0) is 14.3 Å². The Bertz CT molecular complexity index is 590. The van der Waals surface area contributed by atoms with E-state index in [9.17, 15) is 9.59 Å². The predicted octanol–water partition coefficient (Wildman–Crippen LogP) is 13.7. The maximum atomic E-state index is 12.3. The summed E-state index contributed by atoms with van der Waals surface area (Å²) in [6, 6.07) is 0. The number of carbonyl (C=O) groups is 2. The van der Waals surface area contributed by atoms with Crippen molar-refractivity contribution in [1.29, 1.82) is 0 Å². The molecule has 0 bridgehead atoms. The van der Waals surface area contributed by atoms with Gasteiger partial charge in [0, 0.05) is 12.8 Å². The Labute approximate surface area is 275 Å². The van der Waals surface area contributed by atoms with Crippen molar-refractivity contribution in [3.05, 3.63) is 0 Å². The van der Waals surface area contributed by atoms with Crippen LogP contribution in [0.15, 0.2) is 0 Å². The van der Waals surface area contributed by atoms with E-state index in [0.29, 0.717) is 6.42 Å². The molecule has 0 aliphatic carbocycles. The lowest BCUT2D eigenvalue weighted by Crippen LogP contribution is -2.18. The van der Waals surface area contributed by atoms with Crippen molar-refractivity contribution in [2.45, 2.75) is 245 Å². The minimum atomic E-state index is -0.843. The molecule has 262 valence electrons. The van der Waals surface area contributed by atoms with Gasteiger partial charge in [0.25, 0.3) is 0 Å². The monoisotopic (exact) mass is 623 g/mol. The zero-order chi connectivity index (χ0) is 32.2. The molecule has 1 unspecified atom stereocenters. The molecule has 0 rings (SSSR count). The van der Waals surface area contributed by atoms with E-state index >= 15 is 0 Å². The van der Waals surface area contributed by atoms with Crippen molar-refractivity contribution < 1.29 is 19.4 Å². The Morgan fingerprint density at radius 3 is 0.955 bits per heavy atom. The fourth-order valence-electron chi connectivity index (χ4n) is 6.38. The highest BCUT2D eigenvalue weighted by molar-refractivity contribution is 5.71. The fourth-order valence-corrected chi connectivity index (χ4v) is 6.38. The zero-order valence-corrected chi connectivity index (χ0v) is 30.0. The fraction of sp³-hybridized carbons (Fsp3) is 0.950. The first kappa shape index (κ1) is 42.9. The molecular weight excluding hydrogens is 544 g/mol. The quantitative estimate of drug-likeness (QED) is 0.0553. The summed E-state index contributed by atoms with van der Waals surface area (Å²) >= 11 is 0. The number of hydrogen-bond donors (Lipinski definition) is 1. The van der Waals surface area contributed by atoms with Gasteiger partial charge in [-0.15, -0.1) is 0 Å². The van der Waals surface area contributed by atoms with Crippen molar-refractivity contribution in [2.75, 3.05) is 0 Å². The molecule has 1 atom stereocenters. The summed E-state index contributed by atoms with van der Waals surface area (Å²) in [5, 5.41) is 8.86. The number of rotatable bonds is 37. The first-order valence-electron chi connectivity index (χ1n) is 20.0. The van der Waals surface area contributed by atoms with Gasteiger partial charge in [0.1, 0.15) is 6.10 Å². The standard InChI is InChI=1S/C40H78O4/c1-3-5-7-9-11-13-15-17-19-20-22-24-26-28-30-32-35-38(44-40(43)37-33-36-39(41)42)34-31-29-27-25-23-21-18-16-14-12-10-8-6-4-2/h38H,3-37H2,1-2H3,(H,41,42). The van der Waals surface area contributed by atoms with E-state index in [4.69, 9.17) is 9.84 Å². The molecule has 44 heavy (non-hydrogen) atoms. The molecule has 0 aliphatic rings. The number of carboxylic acid groups (broad SMARTS) is 1. The van der Waals surface area contributed by atoms with Crippen LogP contribution < -0.4 is 0 Å². The molecule has 4 nitrogen and oxygen atoms in total. The van der Waals surface area contributed by atoms with E-state index in [2.05, 4.69) is 13.8 Å². The third kappa shape index (κ3) is 35.4. The van der Waals surface area contributed by atoms with E-state index in [0.717, 1.165) is 25.7 Å². The van der Waals surface area contributed by atoms with Crippen molar-refractivity contribution in [2.24, 2.45) is 0 Å². The summed E-state index contributed by atoms with van der Waals surface area (Å²) in [5.41, 5.74) is 0. The van der Waals surface area contributed by atoms with Crippen molar-refractivity contribution in [3.8, 4) is 0 Å². The summed E-state index contributed by atoms with van der Waals surface area (Å²) in [6.45, 7) is 4.57. The molecular formula is C40H78O4. The van der Waals surface area contributed by atoms with Crippen LogP contribution in [-0.4, -0.2) is 23.1 Å². The molecule has 0 fully saturated rings. The highest BCUT2D eigenvalue weighted by atomic mass is 16.5. The predicted molar refractivity (Wildman–Crippen MR) is 190 cm³/mol. The van der Waals surface area contributed by atoms with E-state index < -0.39 is 5.97 Å². The van der Waals surface area contributed by atoms with Crippen molar-refractivity contribution in [1.82, 2.24) is 0 Å². The molecule has 0 saturated carbocycles. The number of carboxylic acids is 1. The molecule has 0 spiro atoms. The van der Waals surface area contributed by atoms with E-state index in [-0.39, 0.29) is 24.9 Å².